The van der Waals surface area contributed by atoms with Crippen LogP contribution >= 0.6 is 23.2 Å². The summed E-state index contributed by atoms with van der Waals surface area (Å²) in [5.41, 5.74) is 2.15. The summed E-state index contributed by atoms with van der Waals surface area (Å²) < 4.78 is 14.4. The van der Waals surface area contributed by atoms with Gasteiger partial charge in [0.1, 0.15) is 11.5 Å². The number of hydrazone groups is 1. The van der Waals surface area contributed by atoms with Gasteiger partial charge in [-0.2, -0.15) is 5.10 Å². The first-order chi connectivity index (χ1) is 13.9. The van der Waals surface area contributed by atoms with E-state index in [0.717, 1.165) is 24.4 Å². The van der Waals surface area contributed by atoms with Crippen LogP contribution in [0.4, 0.5) is 27.1 Å². The minimum absolute atomic E-state index is 0.0655. The smallest absolute Gasteiger partial charge is 0.301 e. The first-order valence-electron chi connectivity index (χ1n) is 8.25. The van der Waals surface area contributed by atoms with Crippen LogP contribution < -0.4 is 10.3 Å². The number of nitro benzene ring substituents is 2. The van der Waals surface area contributed by atoms with Crippen LogP contribution in [0.25, 0.3) is 0 Å². The quantitative estimate of drug-likeness (QED) is 0.252. The summed E-state index contributed by atoms with van der Waals surface area (Å²) in [4.78, 5) is 22.2. The summed E-state index contributed by atoms with van der Waals surface area (Å²) in [7, 11) is 0. The van der Waals surface area contributed by atoms with Crippen molar-refractivity contribution in [3.63, 3.8) is 0 Å². The number of nitrogens with one attached hydrogen (secondary N) is 1. The maximum Gasteiger partial charge on any atom is 0.301 e. The van der Waals surface area contributed by atoms with Gasteiger partial charge in [-0.15, -0.1) is 23.2 Å². The van der Waals surface area contributed by atoms with Crippen molar-refractivity contribution in [3.8, 4) is 0 Å². The molecule has 0 aliphatic heterocycles. The Kier molecular flexibility index (Phi) is 8.10. The number of benzene rings is 2. The van der Waals surface area contributed by atoms with Crippen molar-refractivity contribution in [1.82, 2.24) is 0 Å². The first-order valence-corrected chi connectivity index (χ1v) is 9.32. The van der Waals surface area contributed by atoms with Gasteiger partial charge in [-0.25, -0.2) is 4.39 Å². The van der Waals surface area contributed by atoms with Gasteiger partial charge in [-0.3, -0.25) is 25.7 Å². The van der Waals surface area contributed by atoms with E-state index in [-0.39, 0.29) is 11.3 Å². The number of nitrogens with zero attached hydrogens (tertiary/aromatic N) is 4. The Hall–Kier alpha value is -2.98. The normalized spacial score (nSPS) is 10.9. The molecule has 0 amide bonds. The van der Waals surface area contributed by atoms with Crippen molar-refractivity contribution in [2.75, 3.05) is 35.2 Å². The fourth-order valence-electron chi connectivity index (χ4n) is 2.44. The molecule has 2 aromatic rings. The molecule has 0 saturated carbocycles. The summed E-state index contributed by atoms with van der Waals surface area (Å²) in [6.07, 6.45) is 1.15. The third-order valence-electron chi connectivity index (χ3n) is 3.84. The zero-order chi connectivity index (χ0) is 21.4. The largest absolute Gasteiger partial charge is 0.369 e. The van der Waals surface area contributed by atoms with Gasteiger partial charge in [0.15, 0.2) is 0 Å². The van der Waals surface area contributed by atoms with Gasteiger partial charge in [0, 0.05) is 42.2 Å². The maximum absolute atomic E-state index is 14.4. The van der Waals surface area contributed by atoms with Gasteiger partial charge in [-0.05, 0) is 24.3 Å². The number of rotatable bonds is 10. The van der Waals surface area contributed by atoms with Crippen molar-refractivity contribution < 1.29 is 14.2 Å². The maximum atomic E-state index is 14.4. The third kappa shape index (κ3) is 6.00. The Morgan fingerprint density at radius 3 is 2.31 bits per heavy atom. The molecule has 12 heteroatoms. The lowest BCUT2D eigenvalue weighted by Gasteiger charge is -2.23. The molecule has 154 valence electrons. The molecule has 9 nitrogen and oxygen atoms in total. The number of alkyl halides is 2. The lowest BCUT2D eigenvalue weighted by atomic mass is 10.2. The average Bonchev–Trinajstić information content (AvgIpc) is 2.68. The summed E-state index contributed by atoms with van der Waals surface area (Å²) in [5, 5.41) is 25.6. The number of non-ortho nitro benzene ring substituents is 1. The molecule has 0 aliphatic rings. The molecule has 1 N–H and O–H groups in total. The molecular weight excluding hydrogens is 428 g/mol. The summed E-state index contributed by atoms with van der Waals surface area (Å²) in [5.74, 6) is 0.166. The van der Waals surface area contributed by atoms with E-state index in [4.69, 9.17) is 23.2 Å². The highest BCUT2D eigenvalue weighted by molar-refractivity contribution is 6.18. The Morgan fingerprint density at radius 1 is 1.07 bits per heavy atom. The second kappa shape index (κ2) is 10.5. The van der Waals surface area contributed by atoms with E-state index in [1.165, 1.54) is 12.1 Å². The monoisotopic (exact) mass is 443 g/mol. The molecule has 2 aromatic carbocycles. The first kappa shape index (κ1) is 22.3. The lowest BCUT2D eigenvalue weighted by molar-refractivity contribution is -0.393. The summed E-state index contributed by atoms with van der Waals surface area (Å²) in [6.45, 7) is 1.01. The highest BCUT2D eigenvalue weighted by Gasteiger charge is 2.19. The van der Waals surface area contributed by atoms with Crippen molar-refractivity contribution >= 4 is 52.2 Å². The summed E-state index contributed by atoms with van der Waals surface area (Å²) >= 11 is 11.5. The Morgan fingerprint density at radius 2 is 1.76 bits per heavy atom. The summed E-state index contributed by atoms with van der Waals surface area (Å²) in [6, 6.07) is 7.56. The predicted molar refractivity (Wildman–Crippen MR) is 111 cm³/mol. The molecule has 0 spiro atoms. The average molecular weight is 444 g/mol. The number of hydrogen-bond acceptors (Lipinski definition) is 7. The zero-order valence-corrected chi connectivity index (χ0v) is 16.4. The van der Waals surface area contributed by atoms with Crippen molar-refractivity contribution in [1.29, 1.82) is 0 Å². The molecule has 2 rings (SSSR count). The molecule has 0 aromatic heterocycles. The second-order valence-electron chi connectivity index (χ2n) is 5.66. The zero-order valence-electron chi connectivity index (χ0n) is 14.9. The van der Waals surface area contributed by atoms with Crippen molar-refractivity contribution in [2.24, 2.45) is 5.10 Å². The van der Waals surface area contributed by atoms with Gasteiger partial charge >= 0.3 is 5.69 Å². The minimum atomic E-state index is -0.775. The fourth-order valence-corrected chi connectivity index (χ4v) is 2.85. The van der Waals surface area contributed by atoms with Gasteiger partial charge < -0.3 is 4.90 Å². The van der Waals surface area contributed by atoms with E-state index in [2.05, 4.69) is 10.5 Å². The second-order valence-corrected chi connectivity index (χ2v) is 6.41. The molecule has 29 heavy (non-hydrogen) atoms. The third-order valence-corrected chi connectivity index (χ3v) is 4.17. The Bertz CT molecular complexity index is 923. The molecule has 0 fully saturated rings. The van der Waals surface area contributed by atoms with E-state index in [1.54, 1.807) is 6.07 Å². The molecule has 0 radical (unpaired) electrons. The van der Waals surface area contributed by atoms with Crippen LogP contribution in [0, 0.1) is 26.0 Å². The van der Waals surface area contributed by atoms with E-state index in [9.17, 15) is 24.6 Å². The van der Waals surface area contributed by atoms with Gasteiger partial charge in [-0.1, -0.05) is 0 Å². The molecule has 0 heterocycles. The minimum Gasteiger partial charge on any atom is -0.369 e. The Balaban J connectivity index is 2.18. The Labute approximate surface area is 175 Å². The van der Waals surface area contributed by atoms with E-state index in [0.29, 0.717) is 30.5 Å². The molecule has 0 saturated heterocycles. The molecule has 0 aliphatic carbocycles. The van der Waals surface area contributed by atoms with Crippen LogP contribution in [-0.2, 0) is 0 Å². The van der Waals surface area contributed by atoms with E-state index >= 15 is 0 Å². The standard InChI is InChI=1S/C17H16Cl2FN5O4/c18-5-7-23(8-6-19)13-2-1-12(15(20)9-13)11-21-22-16-4-3-14(24(26)27)10-17(16)25(28)29/h1-4,9-11,22H,5-8H2. The van der Waals surface area contributed by atoms with Crippen LogP contribution in [0.1, 0.15) is 5.56 Å². The highest BCUT2D eigenvalue weighted by atomic mass is 35.5. The van der Waals surface area contributed by atoms with E-state index < -0.39 is 27.0 Å². The van der Waals surface area contributed by atoms with Crippen LogP contribution in [0.5, 0.6) is 0 Å². The van der Waals surface area contributed by atoms with Gasteiger partial charge in [0.05, 0.1) is 22.1 Å². The van der Waals surface area contributed by atoms with Crippen LogP contribution in [-0.4, -0.2) is 40.9 Å². The lowest BCUT2D eigenvalue weighted by Crippen LogP contribution is -2.27. The van der Waals surface area contributed by atoms with E-state index in [1.807, 2.05) is 4.90 Å². The van der Waals surface area contributed by atoms with Gasteiger partial charge in [0.25, 0.3) is 5.69 Å². The van der Waals surface area contributed by atoms with Crippen molar-refractivity contribution in [2.45, 2.75) is 0 Å². The number of hydrogen-bond donors (Lipinski definition) is 1. The highest BCUT2D eigenvalue weighted by Crippen LogP contribution is 2.29. The molecule has 0 bridgehead atoms. The fraction of sp³-hybridized carbons (Fsp3) is 0.235. The molecule has 0 atom stereocenters. The van der Waals surface area contributed by atoms with Gasteiger partial charge in [0.2, 0.25) is 0 Å². The van der Waals surface area contributed by atoms with Crippen LogP contribution in [0.15, 0.2) is 41.5 Å². The predicted octanol–water partition coefficient (Wildman–Crippen LogP) is 4.37. The topological polar surface area (TPSA) is 114 Å². The number of anilines is 2. The van der Waals surface area contributed by atoms with Crippen molar-refractivity contribution in [3.05, 3.63) is 68.0 Å². The molecular formula is C17H16Cl2FN5O4. The number of halogens is 3. The number of nitro groups is 2. The SMILES string of the molecule is O=[N+]([O-])c1ccc(NN=Cc2ccc(N(CCCl)CCCl)cc2F)c([N+](=O)[O-])c1. The van der Waals surface area contributed by atoms with Crippen LogP contribution in [0.3, 0.4) is 0 Å². The van der Waals surface area contributed by atoms with Crippen LogP contribution in [0.2, 0.25) is 0 Å². The molecule has 0 unspecified atom stereocenters.